The van der Waals surface area contributed by atoms with Gasteiger partial charge < -0.3 is 4.90 Å². The van der Waals surface area contributed by atoms with Crippen LogP contribution in [0, 0.1) is 17.7 Å². The molecule has 3 heteroatoms. The molecule has 17 heavy (non-hydrogen) atoms. The van der Waals surface area contributed by atoms with Crippen molar-refractivity contribution in [1.29, 1.82) is 0 Å². The lowest BCUT2D eigenvalue weighted by molar-refractivity contribution is -0.120. The fourth-order valence-electron chi connectivity index (χ4n) is 2.69. The van der Waals surface area contributed by atoms with Crippen molar-refractivity contribution < 1.29 is 9.18 Å². The van der Waals surface area contributed by atoms with E-state index in [1.165, 1.54) is 6.07 Å². The number of benzene rings is 1. The van der Waals surface area contributed by atoms with Crippen LogP contribution in [0.5, 0.6) is 0 Å². The van der Waals surface area contributed by atoms with Crippen LogP contribution in [0.25, 0.3) is 0 Å². The molecule has 0 spiro atoms. The molecule has 90 valence electrons. The standard InChI is InChI=1S/C14H16FNO/c1-9-8-11(9)14(17)16-7-3-5-10-4-2-6-12(15)13(10)16/h2,4,6,9,11H,3,5,7-8H2,1H3. The number of carbonyl (C=O) groups is 1. The van der Waals surface area contributed by atoms with Gasteiger partial charge in [0, 0.05) is 12.5 Å². The Hall–Kier alpha value is -1.38. The largest absolute Gasteiger partial charge is 0.309 e. The lowest BCUT2D eigenvalue weighted by atomic mass is 10.0. The van der Waals surface area contributed by atoms with Crippen LogP contribution in [0.3, 0.4) is 0 Å². The maximum absolute atomic E-state index is 13.9. The molecule has 2 unspecified atom stereocenters. The molecular formula is C14H16FNO. The molecule has 1 fully saturated rings. The second-order valence-electron chi connectivity index (χ2n) is 5.16. The summed E-state index contributed by atoms with van der Waals surface area (Å²) >= 11 is 0. The van der Waals surface area contributed by atoms with Gasteiger partial charge in [-0.3, -0.25) is 4.79 Å². The van der Waals surface area contributed by atoms with E-state index in [0.29, 0.717) is 18.2 Å². The number of halogens is 1. The average molecular weight is 233 g/mol. The van der Waals surface area contributed by atoms with Gasteiger partial charge in [0.25, 0.3) is 0 Å². The molecule has 2 aliphatic rings. The Morgan fingerprint density at radius 3 is 2.94 bits per heavy atom. The third-order valence-electron chi connectivity index (χ3n) is 3.86. The maximum Gasteiger partial charge on any atom is 0.230 e. The van der Waals surface area contributed by atoms with Gasteiger partial charge in [-0.25, -0.2) is 4.39 Å². The van der Waals surface area contributed by atoms with Crippen LogP contribution in [0.2, 0.25) is 0 Å². The van der Waals surface area contributed by atoms with Gasteiger partial charge in [0.1, 0.15) is 5.82 Å². The highest BCUT2D eigenvalue weighted by Gasteiger charge is 2.43. The van der Waals surface area contributed by atoms with E-state index in [2.05, 4.69) is 6.92 Å². The van der Waals surface area contributed by atoms with E-state index in [1.54, 1.807) is 11.0 Å². The fraction of sp³-hybridized carbons (Fsp3) is 0.500. The van der Waals surface area contributed by atoms with Gasteiger partial charge in [-0.15, -0.1) is 0 Å². The molecule has 1 saturated carbocycles. The first-order valence-electron chi connectivity index (χ1n) is 6.27. The molecule has 2 atom stereocenters. The van der Waals surface area contributed by atoms with Crippen molar-refractivity contribution >= 4 is 11.6 Å². The second-order valence-corrected chi connectivity index (χ2v) is 5.16. The van der Waals surface area contributed by atoms with Crippen molar-refractivity contribution in [1.82, 2.24) is 0 Å². The summed E-state index contributed by atoms with van der Waals surface area (Å²) in [4.78, 5) is 13.9. The van der Waals surface area contributed by atoms with E-state index >= 15 is 0 Å². The van der Waals surface area contributed by atoms with Gasteiger partial charge in [-0.05, 0) is 36.8 Å². The molecule has 1 aliphatic heterocycles. The minimum absolute atomic E-state index is 0.114. The number of para-hydroxylation sites is 1. The molecule has 1 heterocycles. The van der Waals surface area contributed by atoms with Crippen LogP contribution in [0.4, 0.5) is 10.1 Å². The SMILES string of the molecule is CC1CC1C(=O)N1CCCc2cccc(F)c21. The number of nitrogens with zero attached hydrogens (tertiary/aromatic N) is 1. The summed E-state index contributed by atoms with van der Waals surface area (Å²) in [6.45, 7) is 2.74. The summed E-state index contributed by atoms with van der Waals surface area (Å²) < 4.78 is 13.9. The number of aryl methyl sites for hydroxylation is 1. The maximum atomic E-state index is 13.9. The summed E-state index contributed by atoms with van der Waals surface area (Å²) in [5.74, 6) is 0.451. The normalized spacial score (nSPS) is 26.6. The summed E-state index contributed by atoms with van der Waals surface area (Å²) in [6.07, 6.45) is 2.76. The summed E-state index contributed by atoms with van der Waals surface area (Å²) in [5.41, 5.74) is 1.50. The van der Waals surface area contributed by atoms with E-state index in [0.717, 1.165) is 24.8 Å². The first-order chi connectivity index (χ1) is 8.18. The highest BCUT2D eigenvalue weighted by Crippen LogP contribution is 2.41. The highest BCUT2D eigenvalue weighted by atomic mass is 19.1. The quantitative estimate of drug-likeness (QED) is 0.730. The molecule has 0 N–H and O–H groups in total. The minimum Gasteiger partial charge on any atom is -0.309 e. The predicted octanol–water partition coefficient (Wildman–Crippen LogP) is 2.76. The van der Waals surface area contributed by atoms with Crippen LogP contribution < -0.4 is 4.90 Å². The van der Waals surface area contributed by atoms with Gasteiger partial charge in [0.2, 0.25) is 5.91 Å². The van der Waals surface area contributed by atoms with E-state index in [9.17, 15) is 9.18 Å². The zero-order valence-corrected chi connectivity index (χ0v) is 9.95. The Balaban J connectivity index is 1.96. The third kappa shape index (κ3) is 1.74. The predicted molar refractivity (Wildman–Crippen MR) is 64.3 cm³/mol. The highest BCUT2D eigenvalue weighted by molar-refractivity contribution is 5.97. The third-order valence-corrected chi connectivity index (χ3v) is 3.86. The van der Waals surface area contributed by atoms with Crippen LogP contribution >= 0.6 is 0 Å². The lowest BCUT2D eigenvalue weighted by Crippen LogP contribution is -2.37. The first kappa shape index (κ1) is 10.8. The topological polar surface area (TPSA) is 20.3 Å². The number of fused-ring (bicyclic) bond motifs is 1. The number of amides is 1. The van der Waals surface area contributed by atoms with Crippen molar-refractivity contribution in [2.75, 3.05) is 11.4 Å². The number of hydrogen-bond donors (Lipinski definition) is 0. The Kier molecular flexibility index (Phi) is 2.42. The average Bonchev–Trinajstić information content (AvgIpc) is 3.05. The monoisotopic (exact) mass is 233 g/mol. The van der Waals surface area contributed by atoms with Gasteiger partial charge in [0.05, 0.1) is 5.69 Å². The first-order valence-corrected chi connectivity index (χ1v) is 6.27. The molecule has 1 aromatic carbocycles. The van der Waals surface area contributed by atoms with Crippen LogP contribution in [-0.2, 0) is 11.2 Å². The van der Waals surface area contributed by atoms with Crippen molar-refractivity contribution in [3.63, 3.8) is 0 Å². The minimum atomic E-state index is -0.260. The molecule has 0 bridgehead atoms. The van der Waals surface area contributed by atoms with Crippen molar-refractivity contribution in [2.24, 2.45) is 11.8 Å². The molecule has 0 aromatic heterocycles. The summed E-state index contributed by atoms with van der Waals surface area (Å²) in [5, 5.41) is 0. The Morgan fingerprint density at radius 2 is 2.24 bits per heavy atom. The number of hydrogen-bond acceptors (Lipinski definition) is 1. The van der Waals surface area contributed by atoms with Gasteiger partial charge in [0.15, 0.2) is 0 Å². The van der Waals surface area contributed by atoms with E-state index in [1.807, 2.05) is 6.07 Å². The van der Waals surface area contributed by atoms with Gasteiger partial charge in [-0.1, -0.05) is 19.1 Å². The second kappa shape index (κ2) is 3.83. The Bertz CT molecular complexity index is 471. The van der Waals surface area contributed by atoms with Crippen LogP contribution in [-0.4, -0.2) is 12.5 Å². The van der Waals surface area contributed by atoms with Crippen LogP contribution in [0.1, 0.15) is 25.3 Å². The molecular weight excluding hydrogens is 217 g/mol. The smallest absolute Gasteiger partial charge is 0.230 e. The van der Waals surface area contributed by atoms with Gasteiger partial charge >= 0.3 is 0 Å². The molecule has 0 saturated heterocycles. The number of carbonyl (C=O) groups excluding carboxylic acids is 1. The molecule has 1 aliphatic carbocycles. The van der Waals surface area contributed by atoms with Crippen molar-refractivity contribution in [3.05, 3.63) is 29.6 Å². The molecule has 1 aromatic rings. The fourth-order valence-corrected chi connectivity index (χ4v) is 2.69. The zero-order chi connectivity index (χ0) is 12.0. The van der Waals surface area contributed by atoms with Crippen molar-refractivity contribution in [2.45, 2.75) is 26.2 Å². The zero-order valence-electron chi connectivity index (χ0n) is 9.95. The van der Waals surface area contributed by atoms with E-state index < -0.39 is 0 Å². The van der Waals surface area contributed by atoms with E-state index in [-0.39, 0.29) is 17.6 Å². The molecule has 2 nitrogen and oxygen atoms in total. The summed E-state index contributed by atoms with van der Waals surface area (Å²) in [7, 11) is 0. The molecule has 1 amide bonds. The van der Waals surface area contributed by atoms with E-state index in [4.69, 9.17) is 0 Å². The lowest BCUT2D eigenvalue weighted by Gasteiger charge is -2.30. The number of anilines is 1. The summed E-state index contributed by atoms with van der Waals surface area (Å²) in [6, 6.07) is 5.09. The van der Waals surface area contributed by atoms with Crippen LogP contribution in [0.15, 0.2) is 18.2 Å². The molecule has 3 rings (SSSR count). The Morgan fingerprint density at radius 1 is 1.47 bits per heavy atom. The van der Waals surface area contributed by atoms with Gasteiger partial charge in [-0.2, -0.15) is 0 Å². The van der Waals surface area contributed by atoms with Crippen molar-refractivity contribution in [3.8, 4) is 0 Å². The Labute approximate surface area is 100 Å². The number of rotatable bonds is 1. The molecule has 0 radical (unpaired) electrons.